The average Bonchev–Trinajstić information content (AvgIpc) is 3.98. The van der Waals surface area contributed by atoms with Crippen LogP contribution in [-0.4, -0.2) is 183 Å². The van der Waals surface area contributed by atoms with Gasteiger partial charge < -0.3 is 39.1 Å². The minimum Gasteiger partial charge on any atom is -0.392 e. The van der Waals surface area contributed by atoms with Crippen LogP contribution in [0.3, 0.4) is 0 Å². The van der Waals surface area contributed by atoms with Gasteiger partial charge in [0.15, 0.2) is 0 Å². The van der Waals surface area contributed by atoms with Crippen LogP contribution in [0.1, 0.15) is 174 Å². The second kappa shape index (κ2) is 47.0. The Hall–Kier alpha value is -0.370. The SMILES string of the molecule is CC(C)CCN(C)C1CC1.CC(C)CCN1CCC(O)C1.CC(C)CCN1CCC1.CC(C)CCS(C)(=O)=O.CCN(C)CCC(C)C.COCCC(C)C.COCCN(C)CCC(C)C. The first-order chi connectivity index (χ1) is 30.7. The number of sulfone groups is 1. The normalized spacial score (nSPS) is 16.3. The van der Waals surface area contributed by atoms with E-state index in [-0.39, 0.29) is 6.10 Å². The molecule has 0 aromatic heterocycles. The predicted octanol–water partition coefficient (Wildman–Crippen LogP) is 11.3. The lowest BCUT2D eigenvalue weighted by atomic mass is 10.1. The van der Waals surface area contributed by atoms with Gasteiger partial charge >= 0.3 is 0 Å². The van der Waals surface area contributed by atoms with Crippen LogP contribution in [0.2, 0.25) is 0 Å². The van der Waals surface area contributed by atoms with Crippen molar-refractivity contribution in [3.8, 4) is 0 Å². The van der Waals surface area contributed by atoms with Crippen LogP contribution < -0.4 is 0 Å². The molecule has 10 nitrogen and oxygen atoms in total. The third-order valence-electron chi connectivity index (χ3n) is 11.8. The quantitative estimate of drug-likeness (QED) is 0.0904. The number of aliphatic hydroxyl groups is 1. The zero-order valence-electron chi connectivity index (χ0n) is 48.6. The van der Waals surface area contributed by atoms with Crippen LogP contribution in [0.25, 0.3) is 0 Å². The summed E-state index contributed by atoms with van der Waals surface area (Å²) in [5.41, 5.74) is 0. The highest BCUT2D eigenvalue weighted by Gasteiger charge is 2.25. The Kier molecular flexibility index (Phi) is 51.4. The largest absolute Gasteiger partial charge is 0.392 e. The van der Waals surface area contributed by atoms with E-state index in [4.69, 9.17) is 9.47 Å². The second-order valence-electron chi connectivity index (χ2n) is 22.7. The van der Waals surface area contributed by atoms with Crippen molar-refractivity contribution in [1.82, 2.24) is 24.5 Å². The van der Waals surface area contributed by atoms with Gasteiger partial charge in [-0.05, 0) is 186 Å². The molecule has 1 saturated carbocycles. The van der Waals surface area contributed by atoms with E-state index in [1.165, 1.54) is 110 Å². The van der Waals surface area contributed by atoms with Gasteiger partial charge in [0.25, 0.3) is 0 Å². The van der Waals surface area contributed by atoms with Crippen LogP contribution in [0.4, 0.5) is 0 Å². The zero-order chi connectivity index (χ0) is 51.7. The molecule has 0 aromatic carbocycles. The van der Waals surface area contributed by atoms with E-state index in [0.717, 1.165) is 93.8 Å². The standard InChI is InChI=1S/C9H19NO.C9H21NO.C9H19N.C8H17N.C8H19N.C6H14O2S.C6H14O/c1-8(2)3-5-10-6-4-9(11)7-10;1-9(2)5-6-10(3)7-8-11-4;1-8(2)6-7-10(3)9-4-5-9;1-8(2)4-7-9-5-3-6-9;1-5-9(4)7-6-8(2)3;1-6(2)4-5-9(3,7)8;1-6(2)4-5-7-3/h8-9,11H,3-7H2,1-2H3;9H,5-8H2,1-4H3;8-9H,4-7H2,1-3H3;8H,3-7H2,1-2H3;8H,5-7H2,1-4H3;6H,4-5H2,1-3H3;6H,4-5H2,1-3H3. The Labute approximate surface area is 416 Å². The van der Waals surface area contributed by atoms with E-state index < -0.39 is 9.84 Å². The summed E-state index contributed by atoms with van der Waals surface area (Å²) in [5.74, 6) is 5.77. The van der Waals surface area contributed by atoms with E-state index in [9.17, 15) is 13.5 Å². The van der Waals surface area contributed by atoms with Crippen molar-refractivity contribution < 1.29 is 23.0 Å². The molecule has 1 atom stereocenters. The fourth-order valence-corrected chi connectivity index (χ4v) is 6.84. The van der Waals surface area contributed by atoms with E-state index in [1.807, 2.05) is 13.8 Å². The van der Waals surface area contributed by atoms with Gasteiger partial charge in [-0.25, -0.2) is 8.42 Å². The summed E-state index contributed by atoms with van der Waals surface area (Å²) in [5, 5.41) is 9.22. The second-order valence-corrected chi connectivity index (χ2v) is 25.0. The summed E-state index contributed by atoms with van der Waals surface area (Å²) in [6.07, 6.45) is 15.0. The van der Waals surface area contributed by atoms with Gasteiger partial charge in [-0.3, -0.25) is 0 Å². The van der Waals surface area contributed by atoms with Crippen LogP contribution >= 0.6 is 0 Å². The highest BCUT2D eigenvalue weighted by Crippen LogP contribution is 2.25. The third-order valence-corrected chi connectivity index (χ3v) is 12.8. The van der Waals surface area contributed by atoms with Crippen molar-refractivity contribution in [2.75, 3.05) is 133 Å². The zero-order valence-corrected chi connectivity index (χ0v) is 49.4. The number of likely N-dealkylation sites (tertiary alicyclic amines) is 2. The fraction of sp³-hybridized carbons (Fsp3) is 1.00. The molecular weight excluding hydrogens is 843 g/mol. The van der Waals surface area contributed by atoms with Crippen molar-refractivity contribution in [3.05, 3.63) is 0 Å². The number of aliphatic hydroxyl groups excluding tert-OH is 1. The topological polar surface area (TPSA) is 89.0 Å². The van der Waals surface area contributed by atoms with Gasteiger partial charge in [0.05, 0.1) is 18.5 Å². The Bertz CT molecular complexity index is 1070. The lowest BCUT2D eigenvalue weighted by molar-refractivity contribution is 0.158. The molecule has 1 unspecified atom stereocenters. The van der Waals surface area contributed by atoms with Gasteiger partial charge in [-0.2, -0.15) is 0 Å². The number of methoxy groups -OCH3 is 2. The number of nitrogens with zero attached hydrogens (tertiary/aromatic N) is 5. The first kappa shape index (κ1) is 72.2. The molecule has 0 amide bonds. The molecule has 0 spiro atoms. The first-order valence-electron chi connectivity index (χ1n) is 27.0. The summed E-state index contributed by atoms with van der Waals surface area (Å²) in [7, 11) is 7.32. The molecule has 3 fully saturated rings. The van der Waals surface area contributed by atoms with Crippen molar-refractivity contribution in [1.29, 1.82) is 0 Å². The van der Waals surface area contributed by atoms with Gasteiger partial charge in [0.1, 0.15) is 9.84 Å². The smallest absolute Gasteiger partial charge is 0.147 e. The number of ether oxygens (including phenoxy) is 2. The molecule has 0 aromatic rings. The molecule has 0 radical (unpaired) electrons. The number of likely N-dealkylation sites (N-methyl/N-ethyl adjacent to an activating group) is 1. The first-order valence-corrected chi connectivity index (χ1v) is 29.1. The molecule has 404 valence electrons. The van der Waals surface area contributed by atoms with E-state index in [0.29, 0.717) is 11.7 Å². The fourth-order valence-electron chi connectivity index (χ4n) is 5.94. The molecule has 0 bridgehead atoms. The molecule has 1 N–H and O–H groups in total. The summed E-state index contributed by atoms with van der Waals surface area (Å²) in [4.78, 5) is 12.0. The van der Waals surface area contributed by atoms with Crippen molar-refractivity contribution >= 4 is 9.84 Å². The van der Waals surface area contributed by atoms with Gasteiger partial charge in [0, 0.05) is 52.8 Å². The molecule has 11 heteroatoms. The molecular formula is C55H123N5O5S. The van der Waals surface area contributed by atoms with Crippen LogP contribution in [0.15, 0.2) is 0 Å². The lowest BCUT2D eigenvalue weighted by Crippen LogP contribution is -2.38. The highest BCUT2D eigenvalue weighted by molar-refractivity contribution is 7.90. The maximum atomic E-state index is 10.5. The number of hydrogen-bond acceptors (Lipinski definition) is 10. The van der Waals surface area contributed by atoms with Crippen LogP contribution in [0.5, 0.6) is 0 Å². The Balaban J connectivity index is -0.000000341. The minimum absolute atomic E-state index is 0.0536. The molecule has 2 aliphatic heterocycles. The van der Waals surface area contributed by atoms with E-state index >= 15 is 0 Å². The van der Waals surface area contributed by atoms with Crippen LogP contribution in [0, 0.1) is 41.4 Å². The van der Waals surface area contributed by atoms with Crippen LogP contribution in [-0.2, 0) is 19.3 Å². The summed E-state index contributed by atoms with van der Waals surface area (Å²) < 4.78 is 30.9. The molecule has 2 saturated heterocycles. The number of rotatable bonds is 26. The number of β-amino-alcohol motifs (C(OH)–C–C–N with tert-alkyl or cyclic N) is 1. The summed E-state index contributed by atoms with van der Waals surface area (Å²) in [6.45, 7) is 48.2. The van der Waals surface area contributed by atoms with Gasteiger partial charge in [0.2, 0.25) is 0 Å². The van der Waals surface area contributed by atoms with E-state index in [2.05, 4.69) is 136 Å². The number of hydrogen-bond donors (Lipinski definition) is 1. The summed E-state index contributed by atoms with van der Waals surface area (Å²) >= 11 is 0. The summed E-state index contributed by atoms with van der Waals surface area (Å²) in [6, 6.07) is 0.943. The molecule has 3 rings (SSSR count). The van der Waals surface area contributed by atoms with Crippen molar-refractivity contribution in [3.63, 3.8) is 0 Å². The Morgan fingerprint density at radius 3 is 1.27 bits per heavy atom. The van der Waals surface area contributed by atoms with E-state index in [1.54, 1.807) is 14.2 Å². The maximum absolute atomic E-state index is 10.5. The third kappa shape index (κ3) is 63.6. The Morgan fingerprint density at radius 2 is 0.970 bits per heavy atom. The lowest BCUT2D eigenvalue weighted by Gasteiger charge is -2.31. The van der Waals surface area contributed by atoms with Gasteiger partial charge in [-0.1, -0.05) is 104 Å². The Morgan fingerprint density at radius 1 is 0.545 bits per heavy atom. The molecule has 1 aliphatic carbocycles. The van der Waals surface area contributed by atoms with Crippen molar-refractivity contribution in [2.45, 2.75) is 187 Å². The average molecular weight is 967 g/mol. The maximum Gasteiger partial charge on any atom is 0.147 e. The molecule has 2 heterocycles. The molecule has 3 aliphatic rings. The highest BCUT2D eigenvalue weighted by atomic mass is 32.2. The van der Waals surface area contributed by atoms with Gasteiger partial charge in [-0.15, -0.1) is 0 Å². The predicted molar refractivity (Wildman–Crippen MR) is 294 cm³/mol. The molecule has 66 heavy (non-hydrogen) atoms. The van der Waals surface area contributed by atoms with Crippen molar-refractivity contribution in [2.24, 2.45) is 41.4 Å². The minimum atomic E-state index is -2.72. The monoisotopic (exact) mass is 966 g/mol.